The predicted octanol–water partition coefficient (Wildman–Crippen LogP) is 3.85. The molecule has 0 aromatic heterocycles. The Morgan fingerprint density at radius 3 is 2.41 bits per heavy atom. The van der Waals surface area contributed by atoms with Crippen molar-refractivity contribution in [1.82, 2.24) is 9.80 Å². The minimum atomic E-state index is -0.992. The molecule has 2 aromatic carbocycles. The van der Waals surface area contributed by atoms with Gasteiger partial charge in [-0.15, -0.1) is 0 Å². The summed E-state index contributed by atoms with van der Waals surface area (Å²) in [7, 11) is 3.81. The summed E-state index contributed by atoms with van der Waals surface area (Å²) < 4.78 is 14.6. The van der Waals surface area contributed by atoms with Gasteiger partial charge in [-0.25, -0.2) is 4.39 Å². The van der Waals surface area contributed by atoms with E-state index in [4.69, 9.17) is 11.6 Å². The summed E-state index contributed by atoms with van der Waals surface area (Å²) in [4.78, 5) is 28.9. The lowest BCUT2D eigenvalue weighted by Crippen LogP contribution is -2.32. The third kappa shape index (κ3) is 4.33. The number of aliphatic hydroxyl groups is 1. The Morgan fingerprint density at radius 2 is 1.79 bits per heavy atom. The second-order valence-electron chi connectivity index (χ2n) is 7.18. The molecule has 1 aliphatic rings. The molecule has 3 rings (SSSR count). The van der Waals surface area contributed by atoms with E-state index < -0.39 is 23.5 Å². The van der Waals surface area contributed by atoms with Gasteiger partial charge in [0.25, 0.3) is 11.7 Å². The van der Waals surface area contributed by atoms with E-state index in [9.17, 15) is 19.1 Å². The van der Waals surface area contributed by atoms with Gasteiger partial charge in [-0.3, -0.25) is 9.59 Å². The van der Waals surface area contributed by atoms with Crippen LogP contribution in [0.25, 0.3) is 5.76 Å². The number of halogens is 2. The standard InChI is InChI=1S/C22H22ClFN2O3/c1-25(2)12-5-13-26-19(16-6-3-4-7-17(16)24)18(21(28)22(26)29)20(27)14-8-10-15(23)11-9-14/h3-4,6-11,19,27H,5,12-13H2,1-2H3. The molecule has 0 saturated carbocycles. The number of ketones is 1. The maximum atomic E-state index is 14.6. The fourth-order valence-electron chi connectivity index (χ4n) is 3.45. The van der Waals surface area contributed by atoms with Gasteiger partial charge in [0.15, 0.2) is 0 Å². The van der Waals surface area contributed by atoms with Crippen LogP contribution in [0.3, 0.4) is 0 Å². The van der Waals surface area contributed by atoms with Gasteiger partial charge >= 0.3 is 0 Å². The lowest BCUT2D eigenvalue weighted by atomic mass is 9.95. The van der Waals surface area contributed by atoms with Gasteiger partial charge in [0.2, 0.25) is 0 Å². The third-order valence-electron chi connectivity index (χ3n) is 4.86. The van der Waals surface area contributed by atoms with Crippen LogP contribution in [-0.4, -0.2) is 53.8 Å². The molecule has 0 radical (unpaired) electrons. The van der Waals surface area contributed by atoms with Crippen molar-refractivity contribution in [2.45, 2.75) is 12.5 Å². The van der Waals surface area contributed by atoms with Crippen LogP contribution in [-0.2, 0) is 9.59 Å². The van der Waals surface area contributed by atoms with E-state index >= 15 is 0 Å². The summed E-state index contributed by atoms with van der Waals surface area (Å²) in [5, 5.41) is 11.3. The molecule has 1 aliphatic heterocycles. The fraction of sp³-hybridized carbons (Fsp3) is 0.273. The highest BCUT2D eigenvalue weighted by Gasteiger charge is 2.46. The van der Waals surface area contributed by atoms with Gasteiger partial charge in [0.05, 0.1) is 11.6 Å². The molecule has 152 valence electrons. The van der Waals surface area contributed by atoms with Crippen molar-refractivity contribution in [3.8, 4) is 0 Å². The largest absolute Gasteiger partial charge is 0.507 e. The van der Waals surface area contributed by atoms with E-state index in [2.05, 4.69) is 0 Å². The molecule has 1 atom stereocenters. The molecule has 0 bridgehead atoms. The molecular weight excluding hydrogens is 395 g/mol. The van der Waals surface area contributed by atoms with Crippen LogP contribution in [0.1, 0.15) is 23.6 Å². The first-order valence-electron chi connectivity index (χ1n) is 9.24. The van der Waals surface area contributed by atoms with Crippen molar-refractivity contribution in [1.29, 1.82) is 0 Å². The Kier molecular flexibility index (Phi) is 6.35. The monoisotopic (exact) mass is 416 g/mol. The maximum absolute atomic E-state index is 14.6. The molecule has 1 fully saturated rings. The predicted molar refractivity (Wildman–Crippen MR) is 110 cm³/mol. The Balaban J connectivity index is 2.11. The van der Waals surface area contributed by atoms with E-state index in [0.29, 0.717) is 23.6 Å². The fourth-order valence-corrected chi connectivity index (χ4v) is 3.58. The number of hydrogen-bond donors (Lipinski definition) is 1. The minimum absolute atomic E-state index is 0.118. The number of aliphatic hydroxyl groups excluding tert-OH is 1. The highest BCUT2D eigenvalue weighted by Crippen LogP contribution is 2.40. The molecule has 7 heteroatoms. The average molecular weight is 417 g/mol. The van der Waals surface area contributed by atoms with Gasteiger partial charge in [0, 0.05) is 22.7 Å². The Morgan fingerprint density at radius 1 is 1.14 bits per heavy atom. The van der Waals surface area contributed by atoms with Gasteiger partial charge < -0.3 is 14.9 Å². The number of nitrogens with zero attached hydrogens (tertiary/aromatic N) is 2. The molecule has 1 N–H and O–H groups in total. The Hall–Kier alpha value is -2.70. The summed E-state index contributed by atoms with van der Waals surface area (Å²) in [5.41, 5.74) is 0.390. The van der Waals surface area contributed by atoms with Crippen LogP contribution in [0.15, 0.2) is 54.1 Å². The molecule has 1 heterocycles. The number of likely N-dealkylation sites (tertiary alicyclic amines) is 1. The summed E-state index contributed by atoms with van der Waals surface area (Å²) in [6.07, 6.45) is 0.603. The highest BCUT2D eigenvalue weighted by atomic mass is 35.5. The summed E-state index contributed by atoms with van der Waals surface area (Å²) in [6, 6.07) is 11.2. The van der Waals surface area contributed by atoms with Crippen molar-refractivity contribution in [3.63, 3.8) is 0 Å². The van der Waals surface area contributed by atoms with Crippen molar-refractivity contribution in [2.24, 2.45) is 0 Å². The van der Waals surface area contributed by atoms with Gasteiger partial charge in [0.1, 0.15) is 11.6 Å². The number of Topliss-reactive ketones (excluding diaryl/α,β-unsaturated/α-hetero) is 1. The zero-order valence-corrected chi connectivity index (χ0v) is 17.0. The normalized spacial score (nSPS) is 18.7. The molecule has 0 spiro atoms. The number of hydrogen-bond acceptors (Lipinski definition) is 4. The first-order chi connectivity index (χ1) is 13.8. The first kappa shape index (κ1) is 21.0. The van der Waals surface area contributed by atoms with E-state index in [1.54, 1.807) is 30.3 Å². The second-order valence-corrected chi connectivity index (χ2v) is 7.61. The zero-order valence-electron chi connectivity index (χ0n) is 16.2. The molecule has 29 heavy (non-hydrogen) atoms. The van der Waals surface area contributed by atoms with Crippen LogP contribution in [0.4, 0.5) is 4.39 Å². The van der Waals surface area contributed by atoms with Crippen molar-refractivity contribution in [2.75, 3.05) is 27.2 Å². The van der Waals surface area contributed by atoms with Crippen molar-refractivity contribution in [3.05, 3.63) is 76.1 Å². The summed E-state index contributed by atoms with van der Waals surface area (Å²) in [6.45, 7) is 0.962. The quantitative estimate of drug-likeness (QED) is 0.441. The topological polar surface area (TPSA) is 60.9 Å². The average Bonchev–Trinajstić information content (AvgIpc) is 2.93. The molecule has 1 unspecified atom stereocenters. The molecule has 0 aliphatic carbocycles. The van der Waals surface area contributed by atoms with Crippen LogP contribution < -0.4 is 0 Å². The summed E-state index contributed by atoms with van der Waals surface area (Å²) >= 11 is 5.90. The molecule has 2 aromatic rings. The zero-order chi connectivity index (χ0) is 21.1. The number of carbonyl (C=O) groups excluding carboxylic acids is 2. The number of carbonyl (C=O) groups is 2. The summed E-state index contributed by atoms with van der Waals surface area (Å²) in [5.74, 6) is -2.45. The van der Waals surface area contributed by atoms with Crippen LogP contribution in [0.2, 0.25) is 5.02 Å². The third-order valence-corrected chi connectivity index (χ3v) is 5.11. The van der Waals surface area contributed by atoms with E-state index in [1.165, 1.54) is 23.1 Å². The molecule has 1 amide bonds. The number of rotatable bonds is 6. The minimum Gasteiger partial charge on any atom is -0.507 e. The van der Waals surface area contributed by atoms with Gasteiger partial charge in [-0.05, 0) is 57.4 Å². The number of benzene rings is 2. The lowest BCUT2D eigenvalue weighted by molar-refractivity contribution is -0.140. The smallest absolute Gasteiger partial charge is 0.295 e. The van der Waals surface area contributed by atoms with Gasteiger partial charge in [-0.1, -0.05) is 29.8 Å². The van der Waals surface area contributed by atoms with Gasteiger partial charge in [-0.2, -0.15) is 0 Å². The molecule has 1 saturated heterocycles. The SMILES string of the molecule is CN(C)CCCN1C(=O)C(=O)C(=C(O)c2ccc(Cl)cc2)C1c1ccccc1F. The van der Waals surface area contributed by atoms with Crippen LogP contribution in [0.5, 0.6) is 0 Å². The maximum Gasteiger partial charge on any atom is 0.295 e. The molecular formula is C22H22ClFN2O3. The highest BCUT2D eigenvalue weighted by molar-refractivity contribution is 6.46. The van der Waals surface area contributed by atoms with Crippen LogP contribution in [0, 0.1) is 5.82 Å². The van der Waals surface area contributed by atoms with E-state index in [-0.39, 0.29) is 23.4 Å². The van der Waals surface area contributed by atoms with Crippen LogP contribution >= 0.6 is 11.6 Å². The lowest BCUT2D eigenvalue weighted by Gasteiger charge is -2.26. The molecule has 5 nitrogen and oxygen atoms in total. The van der Waals surface area contributed by atoms with Crippen molar-refractivity contribution >= 4 is 29.1 Å². The Bertz CT molecular complexity index is 957. The van der Waals surface area contributed by atoms with E-state index in [0.717, 1.165) is 0 Å². The van der Waals surface area contributed by atoms with Crippen molar-refractivity contribution < 1.29 is 19.1 Å². The number of amides is 1. The second kappa shape index (κ2) is 8.76. The van der Waals surface area contributed by atoms with E-state index in [1.807, 2.05) is 19.0 Å². The Labute approximate surface area is 174 Å². The first-order valence-corrected chi connectivity index (χ1v) is 9.62.